The first-order chi connectivity index (χ1) is 10.6. The highest BCUT2D eigenvalue weighted by Gasteiger charge is 2.21. The van der Waals surface area contributed by atoms with E-state index in [1.54, 1.807) is 53.4 Å². The van der Waals surface area contributed by atoms with Crippen molar-refractivity contribution in [3.8, 4) is 0 Å². The fourth-order valence-electron chi connectivity index (χ4n) is 2.48. The van der Waals surface area contributed by atoms with Gasteiger partial charge >= 0.3 is 0 Å². The van der Waals surface area contributed by atoms with E-state index in [0.29, 0.717) is 22.7 Å². The number of amides is 2. The molecule has 0 atom stereocenters. The molecule has 0 radical (unpaired) electrons. The third-order valence-electron chi connectivity index (χ3n) is 3.60. The SMILES string of the molecule is O=C(Nc1cccc(Cl)c1)c1ccc(N2CCCC2=O)cc1. The van der Waals surface area contributed by atoms with Crippen LogP contribution < -0.4 is 10.2 Å². The van der Waals surface area contributed by atoms with Crippen LogP contribution in [0.1, 0.15) is 23.2 Å². The first kappa shape index (κ1) is 14.6. The maximum atomic E-state index is 12.2. The van der Waals surface area contributed by atoms with E-state index in [9.17, 15) is 9.59 Å². The molecule has 1 saturated heterocycles. The number of rotatable bonds is 3. The third kappa shape index (κ3) is 3.12. The Morgan fingerprint density at radius 3 is 2.55 bits per heavy atom. The summed E-state index contributed by atoms with van der Waals surface area (Å²) in [4.78, 5) is 25.6. The lowest BCUT2D eigenvalue weighted by Gasteiger charge is -2.15. The maximum absolute atomic E-state index is 12.2. The monoisotopic (exact) mass is 314 g/mol. The van der Waals surface area contributed by atoms with Gasteiger partial charge < -0.3 is 10.2 Å². The molecule has 0 saturated carbocycles. The first-order valence-electron chi connectivity index (χ1n) is 7.11. The number of carbonyl (C=O) groups is 2. The van der Waals surface area contributed by atoms with Crippen LogP contribution in [0.5, 0.6) is 0 Å². The Balaban J connectivity index is 1.72. The van der Waals surface area contributed by atoms with E-state index in [1.807, 2.05) is 0 Å². The van der Waals surface area contributed by atoms with E-state index in [1.165, 1.54) is 0 Å². The zero-order chi connectivity index (χ0) is 15.5. The number of benzene rings is 2. The second-order valence-corrected chi connectivity index (χ2v) is 5.60. The van der Waals surface area contributed by atoms with Crippen molar-refractivity contribution < 1.29 is 9.59 Å². The molecule has 4 nitrogen and oxygen atoms in total. The van der Waals surface area contributed by atoms with Crippen molar-refractivity contribution in [1.82, 2.24) is 0 Å². The lowest BCUT2D eigenvalue weighted by atomic mass is 10.1. The van der Waals surface area contributed by atoms with Gasteiger partial charge in [0.2, 0.25) is 5.91 Å². The Bertz CT molecular complexity index is 713. The number of nitrogens with zero attached hydrogens (tertiary/aromatic N) is 1. The Hall–Kier alpha value is -2.33. The Kier molecular flexibility index (Phi) is 4.11. The summed E-state index contributed by atoms with van der Waals surface area (Å²) in [5, 5.41) is 3.36. The molecule has 3 rings (SSSR count). The number of carbonyl (C=O) groups excluding carboxylic acids is 2. The normalized spacial score (nSPS) is 14.2. The van der Waals surface area contributed by atoms with Crippen LogP contribution in [0, 0.1) is 0 Å². The number of halogens is 1. The second-order valence-electron chi connectivity index (χ2n) is 5.16. The quantitative estimate of drug-likeness (QED) is 0.938. The topological polar surface area (TPSA) is 49.4 Å². The van der Waals surface area contributed by atoms with Crippen molar-refractivity contribution in [3.05, 3.63) is 59.1 Å². The van der Waals surface area contributed by atoms with E-state index >= 15 is 0 Å². The van der Waals surface area contributed by atoms with Gasteiger partial charge in [0.1, 0.15) is 0 Å². The van der Waals surface area contributed by atoms with Gasteiger partial charge in [-0.05, 0) is 48.9 Å². The third-order valence-corrected chi connectivity index (χ3v) is 3.83. The smallest absolute Gasteiger partial charge is 0.255 e. The second kappa shape index (κ2) is 6.20. The highest BCUT2D eigenvalue weighted by atomic mass is 35.5. The molecule has 5 heteroatoms. The molecule has 0 unspecified atom stereocenters. The Morgan fingerprint density at radius 2 is 1.91 bits per heavy atom. The van der Waals surface area contributed by atoms with E-state index in [2.05, 4.69) is 5.32 Å². The first-order valence-corrected chi connectivity index (χ1v) is 7.48. The summed E-state index contributed by atoms with van der Waals surface area (Å²) < 4.78 is 0. The molecule has 0 aliphatic carbocycles. The molecule has 2 aromatic rings. The van der Waals surface area contributed by atoms with Crippen LogP contribution >= 0.6 is 11.6 Å². The number of anilines is 2. The van der Waals surface area contributed by atoms with Crippen molar-refractivity contribution >= 4 is 34.8 Å². The van der Waals surface area contributed by atoms with E-state index in [4.69, 9.17) is 11.6 Å². The highest BCUT2D eigenvalue weighted by molar-refractivity contribution is 6.31. The van der Waals surface area contributed by atoms with Gasteiger partial charge in [-0.1, -0.05) is 17.7 Å². The molecular weight excluding hydrogens is 300 g/mol. The molecule has 1 aliphatic heterocycles. The Morgan fingerprint density at radius 1 is 1.14 bits per heavy atom. The molecule has 1 N–H and O–H groups in total. The van der Waals surface area contributed by atoms with Crippen LogP contribution in [-0.4, -0.2) is 18.4 Å². The summed E-state index contributed by atoms with van der Waals surface area (Å²) in [5.74, 6) is -0.0716. The summed E-state index contributed by atoms with van der Waals surface area (Å²) >= 11 is 5.89. The molecule has 22 heavy (non-hydrogen) atoms. The Labute approximate surface area is 133 Å². The molecular formula is C17H15ClN2O2. The summed E-state index contributed by atoms with van der Waals surface area (Å²) in [5.41, 5.74) is 2.02. The fourth-order valence-corrected chi connectivity index (χ4v) is 2.67. The number of hydrogen-bond donors (Lipinski definition) is 1. The average Bonchev–Trinajstić information content (AvgIpc) is 2.93. The maximum Gasteiger partial charge on any atom is 0.255 e. The van der Waals surface area contributed by atoms with E-state index < -0.39 is 0 Å². The van der Waals surface area contributed by atoms with Crippen molar-refractivity contribution in [2.24, 2.45) is 0 Å². The molecule has 1 heterocycles. The highest BCUT2D eigenvalue weighted by Crippen LogP contribution is 2.22. The minimum Gasteiger partial charge on any atom is -0.322 e. The van der Waals surface area contributed by atoms with E-state index in [0.717, 1.165) is 18.7 Å². The van der Waals surface area contributed by atoms with Crippen molar-refractivity contribution in [1.29, 1.82) is 0 Å². The molecule has 1 aliphatic rings. The standard InChI is InChI=1S/C17H15ClN2O2/c18-13-3-1-4-14(11-13)19-17(22)12-6-8-15(9-7-12)20-10-2-5-16(20)21/h1,3-4,6-9,11H,2,5,10H2,(H,19,22). The van der Waals surface area contributed by atoms with Crippen LogP contribution in [0.3, 0.4) is 0 Å². The van der Waals surface area contributed by atoms with Gasteiger partial charge in [0.25, 0.3) is 5.91 Å². The van der Waals surface area contributed by atoms with Crippen molar-refractivity contribution in [2.75, 3.05) is 16.8 Å². The molecule has 2 amide bonds. The largest absolute Gasteiger partial charge is 0.322 e. The van der Waals surface area contributed by atoms with Crippen molar-refractivity contribution in [3.63, 3.8) is 0 Å². The van der Waals surface area contributed by atoms with Gasteiger partial charge in [-0.2, -0.15) is 0 Å². The van der Waals surface area contributed by atoms with Gasteiger partial charge in [0, 0.05) is 34.9 Å². The molecule has 0 spiro atoms. The average molecular weight is 315 g/mol. The van der Waals surface area contributed by atoms with Gasteiger partial charge in [-0.25, -0.2) is 0 Å². The lowest BCUT2D eigenvalue weighted by molar-refractivity contribution is -0.117. The van der Waals surface area contributed by atoms with Gasteiger partial charge in [-0.15, -0.1) is 0 Å². The lowest BCUT2D eigenvalue weighted by Crippen LogP contribution is -2.23. The fraction of sp³-hybridized carbons (Fsp3) is 0.176. The van der Waals surface area contributed by atoms with Crippen LogP contribution in [0.4, 0.5) is 11.4 Å². The molecule has 0 aromatic heterocycles. The van der Waals surface area contributed by atoms with Crippen LogP contribution in [0.15, 0.2) is 48.5 Å². The molecule has 1 fully saturated rings. The van der Waals surface area contributed by atoms with E-state index in [-0.39, 0.29) is 11.8 Å². The van der Waals surface area contributed by atoms with Gasteiger partial charge in [-0.3, -0.25) is 9.59 Å². The molecule has 112 valence electrons. The summed E-state index contributed by atoms with van der Waals surface area (Å²) in [7, 11) is 0. The van der Waals surface area contributed by atoms with Gasteiger partial charge in [0.15, 0.2) is 0 Å². The predicted molar refractivity (Wildman–Crippen MR) is 87.4 cm³/mol. The van der Waals surface area contributed by atoms with Crippen molar-refractivity contribution in [2.45, 2.75) is 12.8 Å². The number of hydrogen-bond acceptors (Lipinski definition) is 2. The van der Waals surface area contributed by atoms with Crippen LogP contribution in [-0.2, 0) is 4.79 Å². The van der Waals surface area contributed by atoms with Crippen LogP contribution in [0.25, 0.3) is 0 Å². The van der Waals surface area contributed by atoms with Crippen LogP contribution in [0.2, 0.25) is 5.02 Å². The zero-order valence-electron chi connectivity index (χ0n) is 11.9. The summed E-state index contributed by atoms with van der Waals surface area (Å²) in [6, 6.07) is 14.0. The minimum absolute atomic E-state index is 0.135. The zero-order valence-corrected chi connectivity index (χ0v) is 12.6. The summed E-state index contributed by atoms with van der Waals surface area (Å²) in [6.45, 7) is 0.743. The summed E-state index contributed by atoms with van der Waals surface area (Å²) in [6.07, 6.45) is 1.48. The number of nitrogens with one attached hydrogen (secondary N) is 1. The molecule has 2 aromatic carbocycles. The molecule has 0 bridgehead atoms. The minimum atomic E-state index is -0.207. The van der Waals surface area contributed by atoms with Gasteiger partial charge in [0.05, 0.1) is 0 Å². The predicted octanol–water partition coefficient (Wildman–Crippen LogP) is 3.72.